The van der Waals surface area contributed by atoms with E-state index < -0.39 is 35.3 Å². The number of hydrogen-bond donors (Lipinski definition) is 0. The third-order valence-electron chi connectivity index (χ3n) is 1.16. The first-order chi connectivity index (χ1) is 5.97. The molecule has 5 nitrogen and oxygen atoms in total. The highest BCUT2D eigenvalue weighted by Crippen LogP contribution is 2.27. The molecule has 0 aliphatic carbocycles. The Bertz CT molecular complexity index is 395. The molecule has 0 heterocycles. The van der Waals surface area contributed by atoms with Crippen molar-refractivity contribution in [1.82, 2.24) is 3.71 Å². The van der Waals surface area contributed by atoms with Crippen LogP contribution in [-0.2, 0) is 20.0 Å². The van der Waals surface area contributed by atoms with Crippen molar-refractivity contribution in [2.24, 2.45) is 0 Å². The molecular weight excluding hydrogens is 254 g/mol. The number of hydrogen-bond acceptors (Lipinski definition) is 4. The topological polar surface area (TPSA) is 71.5 Å². The van der Waals surface area contributed by atoms with E-state index in [0.29, 0.717) is 0 Å². The third kappa shape index (κ3) is 2.33. The predicted molar refractivity (Wildman–Crippen MR) is 37.6 cm³/mol. The van der Waals surface area contributed by atoms with E-state index in [9.17, 15) is 34.4 Å². The zero-order chi connectivity index (χ0) is 11.8. The molecule has 86 valence electrons. The van der Waals surface area contributed by atoms with Gasteiger partial charge in [0, 0.05) is 7.05 Å². The molecule has 0 radical (unpaired) electrons. The predicted octanol–water partition coefficient (Wildman–Crippen LogP) is 0.0246. The molecule has 11 heteroatoms. The van der Waals surface area contributed by atoms with Gasteiger partial charge in [0.2, 0.25) is 6.01 Å². The van der Waals surface area contributed by atoms with Crippen molar-refractivity contribution in [3.8, 4) is 0 Å². The molecule has 0 fully saturated rings. The minimum Gasteiger partial charge on any atom is -0.232 e. The molecule has 0 aliphatic rings. The number of sulfonamides is 2. The summed E-state index contributed by atoms with van der Waals surface area (Å²) in [7, 11) is -11.0. The van der Waals surface area contributed by atoms with Gasteiger partial charge in [0.15, 0.2) is 0 Å². The minimum absolute atomic E-state index is 0.109. The number of alkyl halides is 4. The summed E-state index contributed by atoms with van der Waals surface area (Å²) in [5.74, 6) is 0. The van der Waals surface area contributed by atoms with Crippen LogP contribution < -0.4 is 0 Å². The van der Waals surface area contributed by atoms with Gasteiger partial charge in [-0.25, -0.2) is 21.2 Å². The Morgan fingerprint density at radius 1 is 1.14 bits per heavy atom. The Balaban J connectivity index is 5.39. The van der Waals surface area contributed by atoms with Crippen molar-refractivity contribution in [3.05, 3.63) is 0 Å². The molecule has 14 heavy (non-hydrogen) atoms. The molecule has 0 bridgehead atoms. The van der Waals surface area contributed by atoms with E-state index in [1.54, 1.807) is 0 Å². The molecule has 0 unspecified atom stereocenters. The van der Waals surface area contributed by atoms with Crippen LogP contribution in [0.15, 0.2) is 0 Å². The zero-order valence-electron chi connectivity index (χ0n) is 6.62. The summed E-state index contributed by atoms with van der Waals surface area (Å²) < 4.78 is 87.6. The first kappa shape index (κ1) is 13.6. The molecule has 0 saturated heterocycles. The summed E-state index contributed by atoms with van der Waals surface area (Å²) in [6.07, 6.45) is 0. The van der Waals surface area contributed by atoms with E-state index in [0.717, 1.165) is 0 Å². The highest BCUT2D eigenvalue weighted by Gasteiger charge is 2.52. The van der Waals surface area contributed by atoms with Crippen LogP contribution in [-0.4, -0.2) is 39.1 Å². The van der Waals surface area contributed by atoms with Crippen molar-refractivity contribution in [1.29, 1.82) is 0 Å². The summed E-state index contributed by atoms with van der Waals surface area (Å²) in [6, 6.07) is -2.22. The lowest BCUT2D eigenvalue weighted by molar-refractivity contribution is -0.0465. The quantitative estimate of drug-likeness (QED) is 0.670. The summed E-state index contributed by atoms with van der Waals surface area (Å²) in [6.45, 7) is 0. The molecular formula is C3H5F4NO4S2. The molecule has 0 rings (SSSR count). The van der Waals surface area contributed by atoms with E-state index in [1.807, 2.05) is 0 Å². The highest BCUT2D eigenvalue weighted by molar-refractivity contribution is 8.04. The molecule has 0 spiro atoms. The second-order valence-electron chi connectivity index (χ2n) is 2.05. The van der Waals surface area contributed by atoms with Crippen molar-refractivity contribution in [2.45, 2.75) is 5.51 Å². The molecule has 0 aromatic heterocycles. The summed E-state index contributed by atoms with van der Waals surface area (Å²) in [5.41, 5.74) is -5.77. The van der Waals surface area contributed by atoms with Crippen molar-refractivity contribution in [3.63, 3.8) is 0 Å². The third-order valence-corrected chi connectivity index (χ3v) is 4.75. The Morgan fingerprint density at radius 3 is 1.71 bits per heavy atom. The maximum atomic E-state index is 11.7. The smallest absolute Gasteiger partial charge is 0.232 e. The minimum atomic E-state index is -6.04. The first-order valence-electron chi connectivity index (χ1n) is 2.81. The maximum absolute atomic E-state index is 11.7. The highest BCUT2D eigenvalue weighted by atomic mass is 32.3. The summed E-state index contributed by atoms with van der Waals surface area (Å²) >= 11 is 0. The van der Waals surface area contributed by atoms with Gasteiger partial charge in [-0.2, -0.15) is 13.2 Å². The number of rotatable bonds is 3. The van der Waals surface area contributed by atoms with Crippen LogP contribution in [0.5, 0.6) is 0 Å². The van der Waals surface area contributed by atoms with Gasteiger partial charge >= 0.3 is 15.5 Å². The molecule has 0 amide bonds. The van der Waals surface area contributed by atoms with E-state index in [1.165, 1.54) is 0 Å². The van der Waals surface area contributed by atoms with Gasteiger partial charge in [-0.1, -0.05) is 3.71 Å². The second kappa shape index (κ2) is 3.62. The molecule has 0 N–H and O–H groups in total. The maximum Gasteiger partial charge on any atom is 0.512 e. The fraction of sp³-hybridized carbons (Fsp3) is 1.00. The van der Waals surface area contributed by atoms with Gasteiger partial charge in [-0.15, -0.1) is 0 Å². The van der Waals surface area contributed by atoms with Crippen LogP contribution >= 0.6 is 0 Å². The van der Waals surface area contributed by atoms with E-state index >= 15 is 0 Å². The normalized spacial score (nSPS) is 14.7. The fourth-order valence-corrected chi connectivity index (χ4v) is 2.36. The van der Waals surface area contributed by atoms with Crippen LogP contribution in [0.4, 0.5) is 17.6 Å². The molecule has 0 aliphatic heterocycles. The zero-order valence-corrected chi connectivity index (χ0v) is 8.25. The summed E-state index contributed by atoms with van der Waals surface area (Å²) in [5, 5.41) is 0. The van der Waals surface area contributed by atoms with Gasteiger partial charge in [0.1, 0.15) is 0 Å². The molecule has 0 saturated carbocycles. The Morgan fingerprint density at radius 2 is 1.50 bits per heavy atom. The van der Waals surface area contributed by atoms with Crippen LogP contribution in [0.2, 0.25) is 0 Å². The van der Waals surface area contributed by atoms with Gasteiger partial charge in [-0.3, -0.25) is 0 Å². The standard InChI is InChI=1S/C3H5F4NO4S2/c1-8(13(9,10)2-4)14(11,12)3(5,6)7/h2H2,1H3. The Labute approximate surface area is 77.4 Å². The Hall–Kier alpha value is -0.420. The van der Waals surface area contributed by atoms with Crippen LogP contribution in [0.1, 0.15) is 0 Å². The molecule has 0 atom stereocenters. The fourth-order valence-electron chi connectivity index (χ4n) is 0.364. The average Bonchev–Trinajstić information content (AvgIpc) is 2.01. The van der Waals surface area contributed by atoms with Gasteiger partial charge in [0.05, 0.1) is 0 Å². The average molecular weight is 259 g/mol. The van der Waals surface area contributed by atoms with Gasteiger partial charge in [0.25, 0.3) is 10.0 Å². The van der Waals surface area contributed by atoms with Crippen LogP contribution in [0, 0.1) is 0 Å². The lowest BCUT2D eigenvalue weighted by atomic mass is 11.5. The summed E-state index contributed by atoms with van der Waals surface area (Å²) in [4.78, 5) is 0. The van der Waals surface area contributed by atoms with E-state index in [-0.39, 0.29) is 7.05 Å². The number of nitrogens with zero attached hydrogens (tertiary/aromatic N) is 1. The first-order valence-corrected chi connectivity index (χ1v) is 5.86. The van der Waals surface area contributed by atoms with Crippen LogP contribution in [0.3, 0.4) is 0 Å². The largest absolute Gasteiger partial charge is 0.512 e. The second-order valence-corrected chi connectivity index (χ2v) is 6.17. The monoisotopic (exact) mass is 259 g/mol. The Kier molecular flexibility index (Phi) is 3.51. The molecule has 0 aromatic carbocycles. The van der Waals surface area contributed by atoms with Crippen molar-refractivity contribution < 1.29 is 34.4 Å². The molecule has 0 aromatic rings. The lowest BCUT2D eigenvalue weighted by Crippen LogP contribution is -2.42. The number of halogens is 4. The van der Waals surface area contributed by atoms with Gasteiger partial charge in [-0.05, 0) is 0 Å². The van der Waals surface area contributed by atoms with Gasteiger partial charge < -0.3 is 0 Å². The van der Waals surface area contributed by atoms with Crippen molar-refractivity contribution in [2.75, 3.05) is 13.1 Å². The lowest BCUT2D eigenvalue weighted by Gasteiger charge is -2.16. The van der Waals surface area contributed by atoms with Crippen molar-refractivity contribution >= 4 is 20.0 Å². The van der Waals surface area contributed by atoms with Crippen LogP contribution in [0.25, 0.3) is 0 Å². The SMILES string of the molecule is CN(S(=O)(=O)CF)S(=O)(=O)C(F)(F)F. The van der Waals surface area contributed by atoms with E-state index in [4.69, 9.17) is 0 Å². The van der Waals surface area contributed by atoms with E-state index in [2.05, 4.69) is 0 Å².